The zero-order valence-corrected chi connectivity index (χ0v) is 17.5. The number of likely N-dealkylation sites (tertiary alicyclic amines) is 1. The van der Waals surface area contributed by atoms with Crippen molar-refractivity contribution in [3.63, 3.8) is 0 Å². The Kier molecular flexibility index (Phi) is 7.87. The van der Waals surface area contributed by atoms with E-state index in [1.165, 1.54) is 0 Å². The molecular formula is C21H32N4O4. The lowest BCUT2D eigenvalue weighted by molar-refractivity contribution is -0.121. The van der Waals surface area contributed by atoms with E-state index in [-0.39, 0.29) is 24.8 Å². The average molecular weight is 405 g/mol. The first-order valence-electron chi connectivity index (χ1n) is 10.0. The van der Waals surface area contributed by atoms with Crippen molar-refractivity contribution in [3.05, 3.63) is 29.8 Å². The molecule has 8 heteroatoms. The molecule has 1 aliphatic rings. The number of benzene rings is 1. The molecular weight excluding hydrogens is 372 g/mol. The molecule has 1 fully saturated rings. The van der Waals surface area contributed by atoms with Crippen molar-refractivity contribution >= 4 is 23.6 Å². The molecule has 0 aromatic heterocycles. The minimum atomic E-state index is -0.559. The van der Waals surface area contributed by atoms with E-state index in [4.69, 9.17) is 10.5 Å². The fourth-order valence-electron chi connectivity index (χ4n) is 3.09. The number of carbonyl (C=O) groups excluding carboxylic acids is 3. The normalized spacial score (nSPS) is 14.9. The number of piperidine rings is 1. The zero-order valence-electron chi connectivity index (χ0n) is 17.5. The molecule has 0 radical (unpaired) electrons. The Morgan fingerprint density at radius 1 is 1.10 bits per heavy atom. The highest BCUT2D eigenvalue weighted by atomic mass is 16.6. The molecule has 4 N–H and O–H groups in total. The molecule has 8 nitrogen and oxygen atoms in total. The van der Waals surface area contributed by atoms with Crippen molar-refractivity contribution in [3.8, 4) is 0 Å². The van der Waals surface area contributed by atoms with Gasteiger partial charge in [0.25, 0.3) is 5.91 Å². The highest BCUT2D eigenvalue weighted by molar-refractivity contribution is 5.94. The van der Waals surface area contributed by atoms with Gasteiger partial charge < -0.3 is 26.0 Å². The van der Waals surface area contributed by atoms with Crippen LogP contribution in [0.1, 0.15) is 50.4 Å². The van der Waals surface area contributed by atoms with Gasteiger partial charge in [-0.25, -0.2) is 4.79 Å². The molecule has 1 aromatic carbocycles. The standard InChI is InChI=1S/C21H32N4O4/c1-21(2,3)29-20(28)23-11-8-18(26)24-14-15-9-12-25(13-10-15)19(27)16-4-6-17(22)7-5-16/h4-7,15H,8-14,22H2,1-3H3,(H,23,28)(H,24,26). The van der Waals surface area contributed by atoms with Crippen LogP contribution in [0.2, 0.25) is 0 Å². The maximum atomic E-state index is 12.5. The molecule has 1 aliphatic heterocycles. The summed E-state index contributed by atoms with van der Waals surface area (Å²) in [6, 6.07) is 6.95. The Hall–Kier alpha value is -2.77. The van der Waals surface area contributed by atoms with Crippen LogP contribution in [0.15, 0.2) is 24.3 Å². The van der Waals surface area contributed by atoms with E-state index in [1.54, 1.807) is 45.0 Å². The summed E-state index contributed by atoms with van der Waals surface area (Å²) in [6.45, 7) is 7.51. The summed E-state index contributed by atoms with van der Waals surface area (Å²) >= 11 is 0. The number of hydrogen-bond acceptors (Lipinski definition) is 5. The predicted octanol–water partition coefficient (Wildman–Crippen LogP) is 2.15. The van der Waals surface area contributed by atoms with Gasteiger partial charge in [-0.3, -0.25) is 9.59 Å². The summed E-state index contributed by atoms with van der Waals surface area (Å²) in [5.41, 5.74) is 6.38. The van der Waals surface area contributed by atoms with Gasteiger partial charge >= 0.3 is 6.09 Å². The predicted molar refractivity (Wildman–Crippen MR) is 111 cm³/mol. The van der Waals surface area contributed by atoms with E-state index < -0.39 is 11.7 Å². The summed E-state index contributed by atoms with van der Waals surface area (Å²) in [5.74, 6) is 0.246. The molecule has 1 heterocycles. The molecule has 0 spiro atoms. The van der Waals surface area contributed by atoms with Crippen molar-refractivity contribution < 1.29 is 19.1 Å². The largest absolute Gasteiger partial charge is 0.444 e. The van der Waals surface area contributed by atoms with E-state index in [0.717, 1.165) is 12.8 Å². The van der Waals surface area contributed by atoms with Crippen LogP contribution in [-0.2, 0) is 9.53 Å². The third-order valence-corrected chi connectivity index (χ3v) is 4.67. The Bertz CT molecular complexity index is 704. The van der Waals surface area contributed by atoms with Crippen LogP contribution in [0.5, 0.6) is 0 Å². The Morgan fingerprint density at radius 3 is 2.31 bits per heavy atom. The highest BCUT2D eigenvalue weighted by Gasteiger charge is 2.24. The molecule has 160 valence electrons. The number of nitrogens with zero attached hydrogens (tertiary/aromatic N) is 1. The summed E-state index contributed by atoms with van der Waals surface area (Å²) < 4.78 is 5.12. The minimum Gasteiger partial charge on any atom is -0.444 e. The second kappa shape index (κ2) is 10.1. The average Bonchev–Trinajstić information content (AvgIpc) is 2.65. The second-order valence-corrected chi connectivity index (χ2v) is 8.34. The molecule has 0 bridgehead atoms. The second-order valence-electron chi connectivity index (χ2n) is 8.34. The van der Waals surface area contributed by atoms with Crippen molar-refractivity contribution in [1.82, 2.24) is 15.5 Å². The van der Waals surface area contributed by atoms with Gasteiger partial charge in [0, 0.05) is 43.9 Å². The first kappa shape index (κ1) is 22.5. The van der Waals surface area contributed by atoms with E-state index >= 15 is 0 Å². The number of alkyl carbamates (subject to hydrolysis) is 1. The lowest BCUT2D eigenvalue weighted by atomic mass is 9.96. The van der Waals surface area contributed by atoms with Gasteiger partial charge in [0.2, 0.25) is 5.91 Å². The van der Waals surface area contributed by atoms with Crippen LogP contribution in [0.4, 0.5) is 10.5 Å². The molecule has 3 amide bonds. The monoisotopic (exact) mass is 404 g/mol. The van der Waals surface area contributed by atoms with Gasteiger partial charge in [-0.15, -0.1) is 0 Å². The van der Waals surface area contributed by atoms with Gasteiger partial charge in [0.05, 0.1) is 0 Å². The third kappa shape index (κ3) is 8.01. The molecule has 1 saturated heterocycles. The SMILES string of the molecule is CC(C)(C)OC(=O)NCCC(=O)NCC1CCN(C(=O)c2ccc(N)cc2)CC1. The van der Waals surface area contributed by atoms with E-state index in [9.17, 15) is 14.4 Å². The Labute approximate surface area is 172 Å². The van der Waals surface area contributed by atoms with E-state index in [2.05, 4.69) is 10.6 Å². The summed E-state index contributed by atoms with van der Waals surface area (Å²) in [7, 11) is 0. The summed E-state index contributed by atoms with van der Waals surface area (Å²) in [4.78, 5) is 37.9. The van der Waals surface area contributed by atoms with Gasteiger partial charge in [-0.2, -0.15) is 0 Å². The first-order chi connectivity index (χ1) is 13.6. The number of rotatable bonds is 6. The number of carbonyl (C=O) groups is 3. The summed E-state index contributed by atoms with van der Waals surface area (Å²) in [5, 5.41) is 5.48. The fourth-order valence-corrected chi connectivity index (χ4v) is 3.09. The van der Waals surface area contributed by atoms with Crippen molar-refractivity contribution in [1.29, 1.82) is 0 Å². The molecule has 0 saturated carbocycles. The van der Waals surface area contributed by atoms with E-state index in [0.29, 0.717) is 36.8 Å². The first-order valence-corrected chi connectivity index (χ1v) is 10.0. The molecule has 2 rings (SSSR count). The van der Waals surface area contributed by atoms with Gasteiger partial charge in [0.1, 0.15) is 5.60 Å². The maximum Gasteiger partial charge on any atom is 0.407 e. The van der Waals surface area contributed by atoms with Gasteiger partial charge in [-0.05, 0) is 63.8 Å². The van der Waals surface area contributed by atoms with Crippen LogP contribution in [0.3, 0.4) is 0 Å². The molecule has 0 unspecified atom stereocenters. The quantitative estimate of drug-likeness (QED) is 0.629. The number of nitrogen functional groups attached to an aromatic ring is 1. The number of anilines is 1. The van der Waals surface area contributed by atoms with Crippen molar-refractivity contribution in [2.45, 2.75) is 45.6 Å². The number of amides is 3. The van der Waals surface area contributed by atoms with Crippen LogP contribution in [0.25, 0.3) is 0 Å². The third-order valence-electron chi connectivity index (χ3n) is 4.67. The Morgan fingerprint density at radius 2 is 1.72 bits per heavy atom. The highest BCUT2D eigenvalue weighted by Crippen LogP contribution is 2.19. The van der Waals surface area contributed by atoms with Crippen LogP contribution >= 0.6 is 0 Å². The molecule has 0 aliphatic carbocycles. The van der Waals surface area contributed by atoms with E-state index in [1.807, 2.05) is 4.90 Å². The van der Waals surface area contributed by atoms with Crippen LogP contribution in [-0.4, -0.2) is 54.6 Å². The molecule has 1 aromatic rings. The fraction of sp³-hybridized carbons (Fsp3) is 0.571. The lowest BCUT2D eigenvalue weighted by Gasteiger charge is -2.32. The smallest absolute Gasteiger partial charge is 0.407 e. The minimum absolute atomic E-state index is 0.0145. The van der Waals surface area contributed by atoms with Gasteiger partial charge in [-0.1, -0.05) is 0 Å². The lowest BCUT2D eigenvalue weighted by Crippen LogP contribution is -2.42. The van der Waals surface area contributed by atoms with Gasteiger partial charge in [0.15, 0.2) is 0 Å². The van der Waals surface area contributed by atoms with Crippen molar-refractivity contribution in [2.75, 3.05) is 31.9 Å². The Balaban J connectivity index is 1.63. The van der Waals surface area contributed by atoms with Crippen molar-refractivity contribution in [2.24, 2.45) is 5.92 Å². The number of ether oxygens (including phenoxy) is 1. The summed E-state index contributed by atoms with van der Waals surface area (Å²) in [6.07, 6.45) is 1.37. The molecule has 0 atom stereocenters. The maximum absolute atomic E-state index is 12.5. The number of hydrogen-bond donors (Lipinski definition) is 3. The van der Waals surface area contributed by atoms with Crippen LogP contribution in [0, 0.1) is 5.92 Å². The van der Waals surface area contributed by atoms with Crippen LogP contribution < -0.4 is 16.4 Å². The molecule has 29 heavy (non-hydrogen) atoms. The number of nitrogens with two attached hydrogens (primary N) is 1. The topological polar surface area (TPSA) is 114 Å². The number of nitrogens with one attached hydrogen (secondary N) is 2. The zero-order chi connectivity index (χ0) is 21.4.